The number of likely N-dealkylation sites (tertiary alicyclic amines) is 1. The molecule has 29 heavy (non-hydrogen) atoms. The lowest BCUT2D eigenvalue weighted by Gasteiger charge is -2.31. The number of benzene rings is 1. The maximum atomic E-state index is 11.5. The van der Waals surface area contributed by atoms with E-state index in [0.717, 1.165) is 51.5 Å². The first-order valence-corrected chi connectivity index (χ1v) is 11.2. The lowest BCUT2D eigenvalue weighted by Crippen LogP contribution is -2.40. The zero-order chi connectivity index (χ0) is 20.5. The van der Waals surface area contributed by atoms with Crippen molar-refractivity contribution >= 4 is 23.2 Å². The average Bonchev–Trinajstić information content (AvgIpc) is 3.24. The van der Waals surface area contributed by atoms with Gasteiger partial charge in [-0.05, 0) is 48.9 Å². The standard InChI is InChI=1S/C22H31N5OS/c1-2-24-22(26-14-20-9-5-11-29-20)25-13-17-6-3-7-18(12-17)15-27-10-4-8-19(16-27)21(23)28/h3,5-7,9,11-12,19H,2,4,8,10,13-16H2,1H3,(H2,23,28)(H2,24,25,26). The summed E-state index contributed by atoms with van der Waals surface area (Å²) in [7, 11) is 0. The number of guanidine groups is 1. The molecule has 0 saturated carbocycles. The summed E-state index contributed by atoms with van der Waals surface area (Å²) < 4.78 is 0. The molecule has 1 amide bonds. The largest absolute Gasteiger partial charge is 0.369 e. The van der Waals surface area contributed by atoms with Crippen molar-refractivity contribution in [3.05, 3.63) is 57.8 Å². The lowest BCUT2D eigenvalue weighted by atomic mass is 9.97. The summed E-state index contributed by atoms with van der Waals surface area (Å²) in [5.41, 5.74) is 7.93. The third-order valence-corrected chi connectivity index (χ3v) is 5.96. The minimum Gasteiger partial charge on any atom is -0.369 e. The van der Waals surface area contributed by atoms with Crippen LogP contribution in [0.5, 0.6) is 0 Å². The third kappa shape index (κ3) is 6.87. The van der Waals surface area contributed by atoms with Crippen molar-refractivity contribution in [1.29, 1.82) is 0 Å². The predicted molar refractivity (Wildman–Crippen MR) is 120 cm³/mol. The van der Waals surface area contributed by atoms with Crippen LogP contribution in [0.4, 0.5) is 0 Å². The van der Waals surface area contributed by atoms with Gasteiger partial charge in [0, 0.05) is 24.5 Å². The highest BCUT2D eigenvalue weighted by Gasteiger charge is 2.23. The van der Waals surface area contributed by atoms with E-state index in [1.54, 1.807) is 11.3 Å². The minimum atomic E-state index is -0.177. The molecule has 1 saturated heterocycles. The first-order chi connectivity index (χ1) is 14.1. The Labute approximate surface area is 177 Å². The molecule has 0 bridgehead atoms. The molecule has 1 aliphatic rings. The Bertz CT molecular complexity index is 805. The fourth-order valence-corrected chi connectivity index (χ4v) is 4.26. The van der Waals surface area contributed by atoms with E-state index in [0.29, 0.717) is 6.54 Å². The highest BCUT2D eigenvalue weighted by atomic mass is 32.1. The van der Waals surface area contributed by atoms with E-state index in [2.05, 4.69) is 64.2 Å². The van der Waals surface area contributed by atoms with E-state index in [9.17, 15) is 4.79 Å². The number of thiophene rings is 1. The van der Waals surface area contributed by atoms with Gasteiger partial charge in [-0.15, -0.1) is 11.3 Å². The van der Waals surface area contributed by atoms with E-state index >= 15 is 0 Å². The Morgan fingerprint density at radius 3 is 2.90 bits per heavy atom. The first-order valence-electron chi connectivity index (χ1n) is 10.3. The van der Waals surface area contributed by atoms with Gasteiger partial charge in [-0.3, -0.25) is 9.69 Å². The summed E-state index contributed by atoms with van der Waals surface area (Å²) in [5.74, 6) is 0.629. The van der Waals surface area contributed by atoms with Crippen molar-refractivity contribution < 1.29 is 4.79 Å². The number of carbonyl (C=O) groups is 1. The number of nitrogens with two attached hydrogens (primary N) is 1. The lowest BCUT2D eigenvalue weighted by molar-refractivity contribution is -0.123. The van der Waals surface area contributed by atoms with Gasteiger partial charge in [-0.1, -0.05) is 30.3 Å². The molecular weight excluding hydrogens is 382 g/mol. The van der Waals surface area contributed by atoms with E-state index in [-0.39, 0.29) is 11.8 Å². The third-order valence-electron chi connectivity index (χ3n) is 5.08. The van der Waals surface area contributed by atoms with Crippen LogP contribution in [0.1, 0.15) is 35.8 Å². The van der Waals surface area contributed by atoms with E-state index < -0.39 is 0 Å². The number of nitrogens with one attached hydrogen (secondary N) is 2. The van der Waals surface area contributed by atoms with Gasteiger partial charge in [-0.2, -0.15) is 0 Å². The molecule has 6 nitrogen and oxygen atoms in total. The average molecular weight is 414 g/mol. The molecule has 4 N–H and O–H groups in total. The normalized spacial score (nSPS) is 17.8. The maximum Gasteiger partial charge on any atom is 0.221 e. The SMILES string of the molecule is CCNC(=NCc1cccc(CN2CCCC(C(N)=O)C2)c1)NCc1cccs1. The molecular formula is C22H31N5OS. The molecule has 1 atom stereocenters. The molecule has 1 aliphatic heterocycles. The topological polar surface area (TPSA) is 82.8 Å². The minimum absolute atomic E-state index is 0.0198. The molecule has 7 heteroatoms. The maximum absolute atomic E-state index is 11.5. The van der Waals surface area contributed by atoms with Crippen LogP contribution in [0, 0.1) is 5.92 Å². The fourth-order valence-electron chi connectivity index (χ4n) is 3.61. The number of nitrogens with zero attached hydrogens (tertiary/aromatic N) is 2. The summed E-state index contributed by atoms with van der Waals surface area (Å²) in [6.07, 6.45) is 1.94. The van der Waals surface area contributed by atoms with Crippen LogP contribution in [-0.4, -0.2) is 36.4 Å². The molecule has 2 aromatic rings. The molecule has 1 fully saturated rings. The summed E-state index contributed by atoms with van der Waals surface area (Å²) >= 11 is 1.74. The van der Waals surface area contributed by atoms with Crippen LogP contribution >= 0.6 is 11.3 Å². The molecule has 1 unspecified atom stereocenters. The second-order valence-electron chi connectivity index (χ2n) is 7.42. The fraction of sp³-hybridized carbons (Fsp3) is 0.455. The van der Waals surface area contributed by atoms with Crippen molar-refractivity contribution in [1.82, 2.24) is 15.5 Å². The molecule has 0 aliphatic carbocycles. The second kappa shape index (κ2) is 11.0. The van der Waals surface area contributed by atoms with Crippen molar-refractivity contribution in [2.75, 3.05) is 19.6 Å². The number of hydrogen-bond acceptors (Lipinski definition) is 4. The van der Waals surface area contributed by atoms with Gasteiger partial charge in [0.05, 0.1) is 19.0 Å². The number of piperidine rings is 1. The monoisotopic (exact) mass is 413 g/mol. The smallest absolute Gasteiger partial charge is 0.221 e. The number of aliphatic imine (C=N–C) groups is 1. The van der Waals surface area contributed by atoms with E-state index in [4.69, 9.17) is 10.7 Å². The van der Waals surface area contributed by atoms with Gasteiger partial charge in [0.2, 0.25) is 5.91 Å². The molecule has 1 aromatic heterocycles. The van der Waals surface area contributed by atoms with Crippen molar-refractivity contribution in [3.63, 3.8) is 0 Å². The van der Waals surface area contributed by atoms with Crippen molar-refractivity contribution in [2.45, 2.75) is 39.4 Å². The molecule has 2 heterocycles. The highest BCUT2D eigenvalue weighted by Crippen LogP contribution is 2.19. The molecule has 0 spiro atoms. The number of rotatable bonds is 8. The zero-order valence-electron chi connectivity index (χ0n) is 17.1. The van der Waals surface area contributed by atoms with Crippen LogP contribution in [-0.2, 0) is 24.4 Å². The van der Waals surface area contributed by atoms with Gasteiger partial charge < -0.3 is 16.4 Å². The Morgan fingerprint density at radius 1 is 1.28 bits per heavy atom. The van der Waals surface area contributed by atoms with Crippen LogP contribution in [0.15, 0.2) is 46.8 Å². The number of primary amides is 1. The van der Waals surface area contributed by atoms with Crippen molar-refractivity contribution in [2.24, 2.45) is 16.6 Å². The molecule has 156 valence electrons. The Morgan fingerprint density at radius 2 is 2.14 bits per heavy atom. The van der Waals surface area contributed by atoms with Crippen LogP contribution in [0.2, 0.25) is 0 Å². The van der Waals surface area contributed by atoms with Gasteiger partial charge >= 0.3 is 0 Å². The van der Waals surface area contributed by atoms with Gasteiger partial charge in [0.25, 0.3) is 0 Å². The highest BCUT2D eigenvalue weighted by molar-refractivity contribution is 7.09. The predicted octanol–water partition coefficient (Wildman–Crippen LogP) is 2.70. The Kier molecular flexibility index (Phi) is 8.07. The number of carbonyl (C=O) groups excluding carboxylic acids is 1. The van der Waals surface area contributed by atoms with Crippen LogP contribution in [0.25, 0.3) is 0 Å². The Hall–Kier alpha value is -2.38. The van der Waals surface area contributed by atoms with Crippen LogP contribution in [0.3, 0.4) is 0 Å². The second-order valence-corrected chi connectivity index (χ2v) is 8.46. The van der Waals surface area contributed by atoms with Crippen LogP contribution < -0.4 is 16.4 Å². The van der Waals surface area contributed by atoms with E-state index in [1.807, 2.05) is 0 Å². The quantitative estimate of drug-likeness (QED) is 0.459. The number of hydrogen-bond donors (Lipinski definition) is 3. The molecule has 3 rings (SSSR count). The summed E-state index contributed by atoms with van der Waals surface area (Å²) in [6.45, 7) is 6.92. The van der Waals surface area contributed by atoms with Crippen molar-refractivity contribution in [3.8, 4) is 0 Å². The summed E-state index contributed by atoms with van der Waals surface area (Å²) in [5, 5.41) is 8.77. The summed E-state index contributed by atoms with van der Waals surface area (Å²) in [4.78, 5) is 19.9. The van der Waals surface area contributed by atoms with E-state index in [1.165, 1.54) is 16.0 Å². The van der Waals surface area contributed by atoms with Gasteiger partial charge in [0.1, 0.15) is 0 Å². The summed E-state index contributed by atoms with van der Waals surface area (Å²) in [6, 6.07) is 12.7. The van der Waals surface area contributed by atoms with Gasteiger partial charge in [-0.25, -0.2) is 4.99 Å². The molecule has 1 aromatic carbocycles. The molecule has 0 radical (unpaired) electrons. The number of amides is 1. The van der Waals surface area contributed by atoms with Gasteiger partial charge in [0.15, 0.2) is 5.96 Å². The zero-order valence-corrected chi connectivity index (χ0v) is 17.9. The first kappa shape index (κ1) is 21.3. The Balaban J connectivity index is 1.57.